The van der Waals surface area contributed by atoms with E-state index in [9.17, 15) is 15.0 Å². The van der Waals surface area contributed by atoms with Crippen molar-refractivity contribution < 1.29 is 24.9 Å². The molecule has 0 aliphatic heterocycles. The largest absolute Gasteiger partial charge is 0.494 e. The molecule has 4 N–H and O–H groups in total. The van der Waals surface area contributed by atoms with Gasteiger partial charge in [-0.05, 0) is 49.9 Å². The molecule has 0 aromatic heterocycles. The first kappa shape index (κ1) is 20.4. The van der Waals surface area contributed by atoms with Crippen molar-refractivity contribution in [2.75, 3.05) is 25.1 Å². The number of nitrogens with one attached hydrogen (secondary N) is 1. The second-order valence-electron chi connectivity index (χ2n) is 6.75. The molecule has 1 atom stereocenters. The van der Waals surface area contributed by atoms with Crippen LogP contribution in [0.2, 0.25) is 0 Å². The minimum Gasteiger partial charge on any atom is -0.494 e. The van der Waals surface area contributed by atoms with Crippen LogP contribution in [-0.4, -0.2) is 47.2 Å². The highest BCUT2D eigenvalue weighted by atomic mass is 16.5. The summed E-state index contributed by atoms with van der Waals surface area (Å²) in [6.07, 6.45) is 0.163. The molecule has 0 saturated heterocycles. The number of aliphatic hydroxyl groups excluding tert-OH is 3. The van der Waals surface area contributed by atoms with Crippen LogP contribution in [-0.2, 0) is 4.79 Å². The third kappa shape index (κ3) is 5.47. The lowest BCUT2D eigenvalue weighted by Crippen LogP contribution is -2.42. The van der Waals surface area contributed by atoms with E-state index in [1.807, 2.05) is 26.0 Å². The maximum atomic E-state index is 12.2. The molecule has 6 heteroatoms. The number of benzene rings is 1. The standard InChI is InChI=1S/C18H29NO5/c1-12-9-14(24-8-6-5-7-20)10-13(2)15(12)19-17(23)16(22)18(3,4)11-21/h9-10,16,20-22H,5-8,11H2,1-4H3,(H,19,23). The van der Waals surface area contributed by atoms with Gasteiger partial charge in [-0.1, -0.05) is 13.8 Å². The van der Waals surface area contributed by atoms with Crippen molar-refractivity contribution in [3.63, 3.8) is 0 Å². The first-order chi connectivity index (χ1) is 11.2. The molecule has 6 nitrogen and oxygen atoms in total. The number of aryl methyl sites for hydroxylation is 2. The van der Waals surface area contributed by atoms with Crippen LogP contribution in [0.3, 0.4) is 0 Å². The Bertz CT molecular complexity index is 533. The smallest absolute Gasteiger partial charge is 0.253 e. The Labute approximate surface area is 143 Å². The normalized spacial score (nSPS) is 12.8. The molecule has 0 bridgehead atoms. The summed E-state index contributed by atoms with van der Waals surface area (Å²) in [6, 6.07) is 3.65. The number of hydrogen-bond donors (Lipinski definition) is 4. The van der Waals surface area contributed by atoms with Crippen LogP contribution < -0.4 is 10.1 Å². The highest BCUT2D eigenvalue weighted by Gasteiger charge is 2.33. The van der Waals surface area contributed by atoms with Gasteiger partial charge in [-0.2, -0.15) is 0 Å². The third-order valence-corrected chi connectivity index (χ3v) is 3.97. The number of carbonyl (C=O) groups is 1. The van der Waals surface area contributed by atoms with Crippen molar-refractivity contribution in [2.24, 2.45) is 5.41 Å². The van der Waals surface area contributed by atoms with E-state index in [1.54, 1.807) is 13.8 Å². The Morgan fingerprint density at radius 2 is 1.79 bits per heavy atom. The summed E-state index contributed by atoms with van der Waals surface area (Å²) in [5.41, 5.74) is 1.38. The molecule has 0 aliphatic carbocycles. The van der Waals surface area contributed by atoms with Crippen LogP contribution >= 0.6 is 0 Å². The van der Waals surface area contributed by atoms with Crippen LogP contribution in [0.15, 0.2) is 12.1 Å². The van der Waals surface area contributed by atoms with E-state index < -0.39 is 17.4 Å². The lowest BCUT2D eigenvalue weighted by Gasteiger charge is -2.27. The number of hydrogen-bond acceptors (Lipinski definition) is 5. The minimum atomic E-state index is -1.31. The molecule has 0 radical (unpaired) electrons. The lowest BCUT2D eigenvalue weighted by molar-refractivity contribution is -0.131. The van der Waals surface area contributed by atoms with Crippen LogP contribution in [0.1, 0.15) is 37.8 Å². The Kier molecular flexibility index (Phi) is 7.66. The molecule has 0 aliphatic rings. The van der Waals surface area contributed by atoms with Gasteiger partial charge in [-0.15, -0.1) is 0 Å². The van der Waals surface area contributed by atoms with Gasteiger partial charge in [0.25, 0.3) is 5.91 Å². The Morgan fingerprint density at radius 1 is 1.21 bits per heavy atom. The topological polar surface area (TPSA) is 99.0 Å². The zero-order valence-corrected chi connectivity index (χ0v) is 14.9. The molecule has 1 aromatic carbocycles. The van der Waals surface area contributed by atoms with Crippen LogP contribution in [0.4, 0.5) is 5.69 Å². The monoisotopic (exact) mass is 339 g/mol. The van der Waals surface area contributed by atoms with Gasteiger partial charge in [0, 0.05) is 17.7 Å². The summed E-state index contributed by atoms with van der Waals surface area (Å²) in [6.45, 7) is 7.34. The quantitative estimate of drug-likeness (QED) is 0.514. The lowest BCUT2D eigenvalue weighted by atomic mass is 9.87. The number of unbranched alkanes of at least 4 members (excludes halogenated alkanes) is 1. The van der Waals surface area contributed by atoms with Gasteiger partial charge in [0.1, 0.15) is 11.9 Å². The van der Waals surface area contributed by atoms with E-state index in [2.05, 4.69) is 5.32 Å². The molecule has 0 heterocycles. The van der Waals surface area contributed by atoms with Crippen molar-refractivity contribution in [1.82, 2.24) is 0 Å². The van der Waals surface area contributed by atoms with E-state index in [-0.39, 0.29) is 13.2 Å². The molecule has 0 saturated carbocycles. The molecule has 1 unspecified atom stereocenters. The average molecular weight is 339 g/mol. The Hall–Kier alpha value is -1.63. The van der Waals surface area contributed by atoms with Crippen molar-refractivity contribution in [1.29, 1.82) is 0 Å². The van der Waals surface area contributed by atoms with Gasteiger partial charge >= 0.3 is 0 Å². The fourth-order valence-electron chi connectivity index (χ4n) is 2.24. The van der Waals surface area contributed by atoms with Crippen molar-refractivity contribution in [3.05, 3.63) is 23.3 Å². The number of amides is 1. The molecule has 1 aromatic rings. The van der Waals surface area contributed by atoms with Gasteiger partial charge < -0.3 is 25.4 Å². The highest BCUT2D eigenvalue weighted by Crippen LogP contribution is 2.28. The van der Waals surface area contributed by atoms with E-state index in [0.717, 1.165) is 17.5 Å². The molecular formula is C18H29NO5. The first-order valence-corrected chi connectivity index (χ1v) is 8.17. The number of anilines is 1. The van der Waals surface area contributed by atoms with E-state index >= 15 is 0 Å². The fraction of sp³-hybridized carbons (Fsp3) is 0.611. The molecule has 1 amide bonds. The van der Waals surface area contributed by atoms with Crippen molar-refractivity contribution >= 4 is 11.6 Å². The molecule has 24 heavy (non-hydrogen) atoms. The van der Waals surface area contributed by atoms with Crippen LogP contribution in [0, 0.1) is 19.3 Å². The van der Waals surface area contributed by atoms with E-state index in [0.29, 0.717) is 24.5 Å². The maximum Gasteiger partial charge on any atom is 0.253 e. The SMILES string of the molecule is Cc1cc(OCCCCO)cc(C)c1NC(=O)C(O)C(C)(C)CO. The summed E-state index contributed by atoms with van der Waals surface area (Å²) < 4.78 is 5.64. The molecule has 1 rings (SSSR count). The minimum absolute atomic E-state index is 0.152. The Balaban J connectivity index is 2.81. The van der Waals surface area contributed by atoms with Crippen molar-refractivity contribution in [3.8, 4) is 5.75 Å². The van der Waals surface area contributed by atoms with Gasteiger partial charge in [0.2, 0.25) is 0 Å². The zero-order valence-electron chi connectivity index (χ0n) is 14.9. The Morgan fingerprint density at radius 3 is 2.29 bits per heavy atom. The van der Waals surface area contributed by atoms with Gasteiger partial charge in [0.05, 0.1) is 13.2 Å². The average Bonchev–Trinajstić information content (AvgIpc) is 2.54. The predicted octanol–water partition coefficient (Wildman–Crippen LogP) is 1.77. The molecular weight excluding hydrogens is 310 g/mol. The van der Waals surface area contributed by atoms with E-state index in [4.69, 9.17) is 9.84 Å². The fourth-order valence-corrected chi connectivity index (χ4v) is 2.24. The maximum absolute atomic E-state index is 12.2. The van der Waals surface area contributed by atoms with Crippen molar-refractivity contribution in [2.45, 2.75) is 46.6 Å². The number of aliphatic hydroxyl groups is 3. The number of ether oxygens (including phenoxy) is 1. The summed E-state index contributed by atoms with van der Waals surface area (Å²) in [7, 11) is 0. The molecule has 0 spiro atoms. The second kappa shape index (κ2) is 9.01. The predicted molar refractivity (Wildman–Crippen MR) is 93.2 cm³/mol. The first-order valence-electron chi connectivity index (χ1n) is 8.17. The summed E-state index contributed by atoms with van der Waals surface area (Å²) >= 11 is 0. The van der Waals surface area contributed by atoms with Gasteiger partial charge in [-0.25, -0.2) is 0 Å². The second-order valence-corrected chi connectivity index (χ2v) is 6.75. The molecule has 136 valence electrons. The third-order valence-electron chi connectivity index (χ3n) is 3.97. The van der Waals surface area contributed by atoms with E-state index in [1.165, 1.54) is 0 Å². The summed E-state index contributed by atoms with van der Waals surface area (Å²) in [4.78, 5) is 12.2. The van der Waals surface area contributed by atoms with Gasteiger partial charge in [0.15, 0.2) is 0 Å². The summed E-state index contributed by atoms with van der Waals surface area (Å²) in [5.74, 6) is 0.161. The number of carbonyl (C=O) groups excluding carboxylic acids is 1. The highest BCUT2D eigenvalue weighted by molar-refractivity contribution is 5.96. The number of rotatable bonds is 9. The summed E-state index contributed by atoms with van der Waals surface area (Å²) in [5, 5.41) is 30.9. The molecule has 0 fully saturated rings. The van der Waals surface area contributed by atoms with Crippen LogP contribution in [0.5, 0.6) is 5.75 Å². The van der Waals surface area contributed by atoms with Crippen LogP contribution in [0.25, 0.3) is 0 Å². The van der Waals surface area contributed by atoms with Gasteiger partial charge in [-0.3, -0.25) is 4.79 Å². The zero-order chi connectivity index (χ0) is 18.3.